The van der Waals surface area contributed by atoms with Gasteiger partial charge in [0, 0.05) is 0 Å². The summed E-state index contributed by atoms with van der Waals surface area (Å²) in [5.41, 5.74) is 0. The van der Waals surface area contributed by atoms with Crippen LogP contribution in [0.5, 0.6) is 0 Å². The van der Waals surface area contributed by atoms with Gasteiger partial charge in [0.2, 0.25) is 0 Å². The Labute approximate surface area is 85.5 Å². The number of hydrogen-bond donors (Lipinski definition) is 0. The summed E-state index contributed by atoms with van der Waals surface area (Å²) < 4.78 is 26.6. The van der Waals surface area contributed by atoms with Gasteiger partial charge in [0.25, 0.3) is 0 Å². The molecule has 0 aliphatic rings. The lowest BCUT2D eigenvalue weighted by Crippen LogP contribution is -2.02. The minimum atomic E-state index is -3.41. The topological polar surface area (TPSA) is 44.8 Å². The molecule has 0 aromatic carbocycles. The van der Waals surface area contributed by atoms with E-state index in [-0.39, 0.29) is 6.61 Å². The third kappa shape index (κ3) is 6.17. The molecule has 0 rings (SSSR count). The van der Waals surface area contributed by atoms with Crippen molar-refractivity contribution in [2.24, 2.45) is 0 Å². The Kier molecular flexibility index (Phi) is 7.83. The first-order chi connectivity index (χ1) is 6.68. The Balaban J connectivity index is 4.05. The monoisotopic (exact) mass is 220 g/mol. The van der Waals surface area contributed by atoms with Crippen LogP contribution in [0.2, 0.25) is 0 Å². The van der Waals surface area contributed by atoms with Crippen molar-refractivity contribution >= 4 is 7.82 Å². The molecule has 0 aliphatic carbocycles. The second-order valence-corrected chi connectivity index (χ2v) is 4.26. The van der Waals surface area contributed by atoms with Gasteiger partial charge in [-0.2, -0.15) is 0 Å². The highest BCUT2D eigenvalue weighted by atomic mass is 31.2. The fraction of sp³-hybridized carbons (Fsp3) is 0.778. The molecule has 0 aliphatic heterocycles. The van der Waals surface area contributed by atoms with Gasteiger partial charge >= 0.3 is 7.82 Å². The second-order valence-electron chi connectivity index (χ2n) is 2.59. The van der Waals surface area contributed by atoms with Crippen molar-refractivity contribution in [3.8, 4) is 12.3 Å². The lowest BCUT2D eigenvalue weighted by molar-refractivity contribution is 0.123. The highest BCUT2D eigenvalue weighted by molar-refractivity contribution is 7.48. The van der Waals surface area contributed by atoms with Crippen LogP contribution in [-0.4, -0.2) is 19.8 Å². The molecular weight excluding hydrogens is 203 g/mol. The first-order valence-corrected chi connectivity index (χ1v) is 6.11. The zero-order valence-electron chi connectivity index (χ0n) is 8.69. The van der Waals surface area contributed by atoms with Crippen LogP contribution in [0.15, 0.2) is 0 Å². The standard InChI is InChI=1S/C9H17O4P/c1-4-7-11-14(10,12-8-5-2)13-9-6-3/h1H,5-9H2,2-3H3. The van der Waals surface area contributed by atoms with Crippen LogP contribution in [0.25, 0.3) is 0 Å². The summed E-state index contributed by atoms with van der Waals surface area (Å²) in [5.74, 6) is 2.22. The molecule has 0 amide bonds. The molecule has 14 heavy (non-hydrogen) atoms. The predicted molar refractivity (Wildman–Crippen MR) is 54.9 cm³/mol. The third-order valence-electron chi connectivity index (χ3n) is 1.21. The molecule has 0 saturated carbocycles. The molecule has 5 heteroatoms. The van der Waals surface area contributed by atoms with Crippen molar-refractivity contribution in [1.29, 1.82) is 0 Å². The highest BCUT2D eigenvalue weighted by Crippen LogP contribution is 2.49. The number of hydrogen-bond acceptors (Lipinski definition) is 4. The average molecular weight is 220 g/mol. The summed E-state index contributed by atoms with van der Waals surface area (Å²) >= 11 is 0. The SMILES string of the molecule is C#CCOP(=O)(OCCC)OCCC. The van der Waals surface area contributed by atoms with E-state index in [0.717, 1.165) is 12.8 Å². The van der Waals surface area contributed by atoms with Gasteiger partial charge in [0.05, 0.1) is 13.2 Å². The average Bonchev–Trinajstić information content (AvgIpc) is 2.21. The largest absolute Gasteiger partial charge is 0.475 e. The van der Waals surface area contributed by atoms with Gasteiger partial charge in [-0.1, -0.05) is 19.8 Å². The normalized spacial score (nSPS) is 11.2. The van der Waals surface area contributed by atoms with Gasteiger partial charge in [0.15, 0.2) is 0 Å². The summed E-state index contributed by atoms with van der Waals surface area (Å²) in [5, 5.41) is 0. The van der Waals surface area contributed by atoms with Gasteiger partial charge in [-0.15, -0.1) is 6.42 Å². The maximum Gasteiger partial charge on any atom is 0.475 e. The molecule has 0 bridgehead atoms. The summed E-state index contributed by atoms with van der Waals surface area (Å²) in [6.07, 6.45) is 6.48. The molecular formula is C9H17O4P. The Hall–Kier alpha value is -0.330. The minimum Gasteiger partial charge on any atom is -0.287 e. The molecule has 0 aromatic heterocycles. The van der Waals surface area contributed by atoms with Crippen molar-refractivity contribution < 1.29 is 18.1 Å². The molecule has 4 nitrogen and oxygen atoms in total. The molecule has 0 aromatic rings. The molecule has 82 valence electrons. The Morgan fingerprint density at radius 3 is 2.00 bits per heavy atom. The van der Waals surface area contributed by atoms with Crippen molar-refractivity contribution in [2.75, 3.05) is 19.8 Å². The molecule has 0 N–H and O–H groups in total. The molecule has 0 unspecified atom stereocenters. The molecule has 0 spiro atoms. The summed E-state index contributed by atoms with van der Waals surface area (Å²) in [4.78, 5) is 0. The van der Waals surface area contributed by atoms with E-state index in [1.807, 2.05) is 13.8 Å². The Morgan fingerprint density at radius 2 is 1.64 bits per heavy atom. The molecule has 0 fully saturated rings. The van der Waals surface area contributed by atoms with E-state index >= 15 is 0 Å². The van der Waals surface area contributed by atoms with E-state index in [9.17, 15) is 4.57 Å². The molecule has 0 saturated heterocycles. The van der Waals surface area contributed by atoms with Gasteiger partial charge in [-0.05, 0) is 12.8 Å². The van der Waals surface area contributed by atoms with E-state index in [0.29, 0.717) is 13.2 Å². The number of terminal acetylenes is 1. The summed E-state index contributed by atoms with van der Waals surface area (Å²) in [7, 11) is -3.41. The van der Waals surface area contributed by atoms with E-state index < -0.39 is 7.82 Å². The third-order valence-corrected chi connectivity index (χ3v) is 2.66. The summed E-state index contributed by atoms with van der Waals surface area (Å²) in [6.45, 7) is 4.43. The minimum absolute atomic E-state index is 0.0648. The van der Waals surface area contributed by atoms with Crippen LogP contribution in [0.3, 0.4) is 0 Å². The fourth-order valence-electron chi connectivity index (χ4n) is 0.634. The number of phosphoric ester groups is 1. The first-order valence-electron chi connectivity index (χ1n) is 4.65. The number of phosphoric acid groups is 1. The summed E-state index contributed by atoms with van der Waals surface area (Å²) in [6, 6.07) is 0. The Bertz CT molecular complexity index is 209. The van der Waals surface area contributed by atoms with Gasteiger partial charge < -0.3 is 0 Å². The molecule has 0 radical (unpaired) electrons. The van der Waals surface area contributed by atoms with Crippen LogP contribution in [0.1, 0.15) is 26.7 Å². The highest BCUT2D eigenvalue weighted by Gasteiger charge is 2.25. The van der Waals surface area contributed by atoms with E-state index in [4.69, 9.17) is 20.0 Å². The predicted octanol–water partition coefficient (Wildman–Crippen LogP) is 2.60. The van der Waals surface area contributed by atoms with Crippen molar-refractivity contribution in [1.82, 2.24) is 0 Å². The van der Waals surface area contributed by atoms with Gasteiger partial charge in [0.1, 0.15) is 6.61 Å². The van der Waals surface area contributed by atoms with Gasteiger partial charge in [-0.3, -0.25) is 13.6 Å². The van der Waals surface area contributed by atoms with Crippen molar-refractivity contribution in [3.63, 3.8) is 0 Å². The molecule has 0 atom stereocenters. The lowest BCUT2D eigenvalue weighted by Gasteiger charge is -2.15. The first kappa shape index (κ1) is 13.7. The Morgan fingerprint density at radius 1 is 1.14 bits per heavy atom. The smallest absolute Gasteiger partial charge is 0.287 e. The van der Waals surface area contributed by atoms with E-state index in [2.05, 4.69) is 5.92 Å². The second kappa shape index (κ2) is 8.02. The maximum atomic E-state index is 11.7. The van der Waals surface area contributed by atoms with Crippen LogP contribution in [0.4, 0.5) is 0 Å². The molecule has 0 heterocycles. The van der Waals surface area contributed by atoms with Gasteiger partial charge in [-0.25, -0.2) is 4.57 Å². The quantitative estimate of drug-likeness (QED) is 0.466. The fourth-order valence-corrected chi connectivity index (χ4v) is 1.90. The van der Waals surface area contributed by atoms with Crippen molar-refractivity contribution in [2.45, 2.75) is 26.7 Å². The van der Waals surface area contributed by atoms with E-state index in [1.165, 1.54) is 0 Å². The van der Waals surface area contributed by atoms with Crippen LogP contribution in [0, 0.1) is 12.3 Å². The van der Waals surface area contributed by atoms with Crippen LogP contribution >= 0.6 is 7.82 Å². The van der Waals surface area contributed by atoms with Crippen LogP contribution < -0.4 is 0 Å². The lowest BCUT2D eigenvalue weighted by atomic mass is 10.5. The van der Waals surface area contributed by atoms with E-state index in [1.54, 1.807) is 0 Å². The number of rotatable bonds is 8. The van der Waals surface area contributed by atoms with Crippen molar-refractivity contribution in [3.05, 3.63) is 0 Å². The zero-order valence-corrected chi connectivity index (χ0v) is 9.59. The maximum absolute atomic E-state index is 11.7. The van der Waals surface area contributed by atoms with Crippen LogP contribution in [-0.2, 0) is 18.1 Å². The zero-order chi connectivity index (χ0) is 10.9.